The normalized spacial score (nSPS) is 10.4. The van der Waals surface area contributed by atoms with E-state index in [4.69, 9.17) is 5.73 Å². The van der Waals surface area contributed by atoms with Crippen molar-refractivity contribution in [3.8, 4) is 11.3 Å². The molecule has 1 aromatic heterocycles. The lowest BCUT2D eigenvalue weighted by atomic mass is 10.1. The van der Waals surface area contributed by atoms with Crippen LogP contribution in [-0.4, -0.2) is 4.98 Å². The molecule has 2 aromatic rings. The third kappa shape index (κ3) is 1.55. The summed E-state index contributed by atoms with van der Waals surface area (Å²) in [6.07, 6.45) is 1.90. The minimum atomic E-state index is 0.817. The number of rotatable bonds is 1. The quantitative estimate of drug-likeness (QED) is 0.750. The standard InChI is InChI=1S/C11H11BrN2/c1-7-5-9(12)8(6-10(7)13)11-3-2-4-14-11/h2-6,14H,13H2,1H3. The van der Waals surface area contributed by atoms with Crippen LogP contribution in [0.3, 0.4) is 0 Å². The Labute approximate surface area is 91.3 Å². The highest BCUT2D eigenvalue weighted by atomic mass is 79.9. The van der Waals surface area contributed by atoms with Crippen LogP contribution in [0.15, 0.2) is 34.9 Å². The van der Waals surface area contributed by atoms with Crippen molar-refractivity contribution in [2.24, 2.45) is 0 Å². The first-order valence-electron chi connectivity index (χ1n) is 4.38. The van der Waals surface area contributed by atoms with Gasteiger partial charge in [0.05, 0.1) is 0 Å². The molecule has 1 aromatic carbocycles. The zero-order valence-electron chi connectivity index (χ0n) is 7.84. The molecular formula is C11H11BrN2. The maximum Gasteiger partial charge on any atom is 0.0466 e. The van der Waals surface area contributed by atoms with Crippen molar-refractivity contribution in [3.05, 3.63) is 40.5 Å². The third-order valence-electron chi connectivity index (χ3n) is 2.24. The topological polar surface area (TPSA) is 41.8 Å². The van der Waals surface area contributed by atoms with E-state index in [1.165, 1.54) is 0 Å². The van der Waals surface area contributed by atoms with Gasteiger partial charge in [0.1, 0.15) is 0 Å². The molecule has 0 radical (unpaired) electrons. The second-order valence-corrected chi connectivity index (χ2v) is 4.13. The molecule has 0 aliphatic rings. The zero-order valence-corrected chi connectivity index (χ0v) is 9.43. The number of hydrogen-bond acceptors (Lipinski definition) is 1. The lowest BCUT2D eigenvalue weighted by Crippen LogP contribution is -1.91. The first-order valence-corrected chi connectivity index (χ1v) is 5.17. The molecule has 0 aliphatic heterocycles. The van der Waals surface area contributed by atoms with E-state index >= 15 is 0 Å². The molecule has 14 heavy (non-hydrogen) atoms. The average Bonchev–Trinajstić information content (AvgIpc) is 2.64. The van der Waals surface area contributed by atoms with Gasteiger partial charge in [0.25, 0.3) is 0 Å². The maximum atomic E-state index is 5.86. The molecule has 2 nitrogen and oxygen atoms in total. The fourth-order valence-corrected chi connectivity index (χ4v) is 2.07. The summed E-state index contributed by atoms with van der Waals surface area (Å²) in [5, 5.41) is 0. The van der Waals surface area contributed by atoms with Crippen LogP contribution in [0.2, 0.25) is 0 Å². The van der Waals surface area contributed by atoms with Crippen LogP contribution >= 0.6 is 15.9 Å². The predicted molar refractivity (Wildman–Crippen MR) is 63.1 cm³/mol. The van der Waals surface area contributed by atoms with Crippen LogP contribution in [0, 0.1) is 6.92 Å². The van der Waals surface area contributed by atoms with E-state index in [0.29, 0.717) is 0 Å². The highest BCUT2D eigenvalue weighted by Crippen LogP contribution is 2.30. The second kappa shape index (κ2) is 3.50. The minimum Gasteiger partial charge on any atom is -0.398 e. The molecule has 3 heteroatoms. The smallest absolute Gasteiger partial charge is 0.0466 e. The Hall–Kier alpha value is -1.22. The highest BCUT2D eigenvalue weighted by molar-refractivity contribution is 9.10. The van der Waals surface area contributed by atoms with Crippen LogP contribution in [0.5, 0.6) is 0 Å². The summed E-state index contributed by atoms with van der Waals surface area (Å²) in [6, 6.07) is 8.00. The van der Waals surface area contributed by atoms with Crippen LogP contribution in [0.25, 0.3) is 11.3 Å². The predicted octanol–water partition coefficient (Wildman–Crippen LogP) is 3.33. The van der Waals surface area contributed by atoms with Gasteiger partial charge in [0, 0.05) is 27.6 Å². The fraction of sp³-hybridized carbons (Fsp3) is 0.0909. The molecule has 0 saturated heterocycles. The summed E-state index contributed by atoms with van der Waals surface area (Å²) in [5.74, 6) is 0. The summed E-state index contributed by atoms with van der Waals surface area (Å²) >= 11 is 3.53. The SMILES string of the molecule is Cc1cc(Br)c(-c2ccc[nH]2)cc1N. The van der Waals surface area contributed by atoms with Gasteiger partial charge in [-0.3, -0.25) is 0 Å². The summed E-state index contributed by atoms with van der Waals surface area (Å²) in [6.45, 7) is 2.00. The number of benzene rings is 1. The zero-order chi connectivity index (χ0) is 10.1. The van der Waals surface area contributed by atoms with Crippen molar-refractivity contribution >= 4 is 21.6 Å². The molecule has 1 heterocycles. The van der Waals surface area contributed by atoms with Gasteiger partial charge in [0.15, 0.2) is 0 Å². The Morgan fingerprint density at radius 3 is 2.79 bits per heavy atom. The fourth-order valence-electron chi connectivity index (χ4n) is 1.39. The summed E-state index contributed by atoms with van der Waals surface area (Å²) in [5.41, 5.74) is 9.94. The van der Waals surface area contributed by atoms with E-state index in [9.17, 15) is 0 Å². The molecule has 3 N–H and O–H groups in total. The van der Waals surface area contributed by atoms with E-state index in [0.717, 1.165) is 27.0 Å². The van der Waals surface area contributed by atoms with Crippen molar-refractivity contribution in [3.63, 3.8) is 0 Å². The monoisotopic (exact) mass is 250 g/mol. The highest BCUT2D eigenvalue weighted by Gasteiger charge is 2.05. The van der Waals surface area contributed by atoms with Crippen molar-refractivity contribution in [1.29, 1.82) is 0 Å². The number of anilines is 1. The van der Waals surface area contributed by atoms with Gasteiger partial charge < -0.3 is 10.7 Å². The van der Waals surface area contributed by atoms with E-state index in [-0.39, 0.29) is 0 Å². The second-order valence-electron chi connectivity index (χ2n) is 3.27. The number of aromatic nitrogens is 1. The maximum absolute atomic E-state index is 5.86. The lowest BCUT2D eigenvalue weighted by Gasteiger charge is -2.06. The molecule has 2 rings (SSSR count). The number of hydrogen-bond donors (Lipinski definition) is 2. The molecule has 0 saturated carbocycles. The number of aryl methyl sites for hydroxylation is 1. The summed E-state index contributed by atoms with van der Waals surface area (Å²) < 4.78 is 1.06. The molecule has 0 unspecified atom stereocenters. The molecule has 0 fully saturated rings. The van der Waals surface area contributed by atoms with Gasteiger partial charge >= 0.3 is 0 Å². The Bertz CT molecular complexity index is 447. The Morgan fingerprint density at radius 1 is 1.36 bits per heavy atom. The molecule has 0 aliphatic carbocycles. The lowest BCUT2D eigenvalue weighted by molar-refractivity contribution is 1.38. The molecule has 0 spiro atoms. The average molecular weight is 251 g/mol. The van der Waals surface area contributed by atoms with Gasteiger partial charge in [-0.15, -0.1) is 0 Å². The van der Waals surface area contributed by atoms with Crippen molar-refractivity contribution in [1.82, 2.24) is 4.98 Å². The molecule has 0 amide bonds. The number of aromatic amines is 1. The van der Waals surface area contributed by atoms with Gasteiger partial charge in [-0.2, -0.15) is 0 Å². The van der Waals surface area contributed by atoms with Crippen molar-refractivity contribution in [2.45, 2.75) is 6.92 Å². The Morgan fingerprint density at radius 2 is 2.14 bits per heavy atom. The van der Waals surface area contributed by atoms with E-state index < -0.39 is 0 Å². The van der Waals surface area contributed by atoms with Crippen molar-refractivity contribution < 1.29 is 0 Å². The van der Waals surface area contributed by atoms with E-state index in [1.54, 1.807) is 0 Å². The molecular weight excluding hydrogens is 240 g/mol. The van der Waals surface area contributed by atoms with Gasteiger partial charge in [-0.1, -0.05) is 15.9 Å². The number of halogens is 1. The molecule has 72 valence electrons. The number of nitrogens with two attached hydrogens (primary N) is 1. The van der Waals surface area contributed by atoms with Crippen LogP contribution in [-0.2, 0) is 0 Å². The Kier molecular flexibility index (Phi) is 2.33. The van der Waals surface area contributed by atoms with E-state index in [1.807, 2.05) is 37.4 Å². The first kappa shape index (κ1) is 9.34. The van der Waals surface area contributed by atoms with Crippen LogP contribution in [0.1, 0.15) is 5.56 Å². The Balaban J connectivity index is 2.60. The van der Waals surface area contributed by atoms with Gasteiger partial charge in [-0.05, 0) is 36.8 Å². The van der Waals surface area contributed by atoms with Crippen molar-refractivity contribution in [2.75, 3.05) is 5.73 Å². The number of nitrogen functional groups attached to an aromatic ring is 1. The van der Waals surface area contributed by atoms with Crippen LogP contribution < -0.4 is 5.73 Å². The number of nitrogens with one attached hydrogen (secondary N) is 1. The third-order valence-corrected chi connectivity index (χ3v) is 2.90. The van der Waals surface area contributed by atoms with Gasteiger partial charge in [-0.25, -0.2) is 0 Å². The largest absolute Gasteiger partial charge is 0.398 e. The minimum absolute atomic E-state index is 0.817. The molecule has 0 atom stereocenters. The van der Waals surface area contributed by atoms with E-state index in [2.05, 4.69) is 20.9 Å². The van der Waals surface area contributed by atoms with Gasteiger partial charge in [0.2, 0.25) is 0 Å². The first-order chi connectivity index (χ1) is 6.68. The van der Waals surface area contributed by atoms with Crippen LogP contribution in [0.4, 0.5) is 5.69 Å². The summed E-state index contributed by atoms with van der Waals surface area (Å²) in [4.78, 5) is 3.16. The molecule has 0 bridgehead atoms. The summed E-state index contributed by atoms with van der Waals surface area (Å²) in [7, 11) is 0. The number of H-pyrrole nitrogens is 1.